The summed E-state index contributed by atoms with van der Waals surface area (Å²) in [5.41, 5.74) is 1.12. The third-order valence-electron chi connectivity index (χ3n) is 3.20. The van der Waals surface area contributed by atoms with Crippen molar-refractivity contribution in [3.63, 3.8) is 0 Å². The highest BCUT2D eigenvalue weighted by Crippen LogP contribution is 2.29. The summed E-state index contributed by atoms with van der Waals surface area (Å²) in [5, 5.41) is 14.2. The first kappa shape index (κ1) is 16.6. The zero-order valence-corrected chi connectivity index (χ0v) is 13.8. The second-order valence-corrected chi connectivity index (χ2v) is 7.12. The summed E-state index contributed by atoms with van der Waals surface area (Å²) in [6, 6.07) is 0.417. The van der Waals surface area contributed by atoms with Crippen molar-refractivity contribution >= 4 is 11.3 Å². The molecule has 0 radical (unpaired) electrons. The molecule has 2 unspecified atom stereocenters. The molecule has 0 bridgehead atoms. The Labute approximate surface area is 121 Å². The molecule has 19 heavy (non-hydrogen) atoms. The van der Waals surface area contributed by atoms with E-state index in [2.05, 4.69) is 51.8 Å². The van der Waals surface area contributed by atoms with E-state index in [4.69, 9.17) is 0 Å². The van der Waals surface area contributed by atoms with Gasteiger partial charge in [-0.05, 0) is 26.2 Å². The molecular weight excluding hydrogens is 256 g/mol. The van der Waals surface area contributed by atoms with E-state index in [9.17, 15) is 5.11 Å². The Morgan fingerprint density at radius 1 is 1.21 bits per heavy atom. The normalized spacial score (nSPS) is 15.2. The van der Waals surface area contributed by atoms with Gasteiger partial charge in [0.1, 0.15) is 0 Å². The number of aromatic nitrogens is 1. The SMILES string of the molecule is Cc1nc(C(C)C)sc1C(C)NC(CO)CC(C)C. The predicted molar refractivity (Wildman–Crippen MR) is 82.8 cm³/mol. The van der Waals surface area contributed by atoms with Crippen LogP contribution in [0.5, 0.6) is 0 Å². The lowest BCUT2D eigenvalue weighted by atomic mass is 10.0. The average molecular weight is 284 g/mol. The maximum Gasteiger partial charge on any atom is 0.0956 e. The fourth-order valence-corrected chi connectivity index (χ4v) is 3.35. The molecular formula is C15H28N2OS. The number of rotatable bonds is 7. The number of hydrogen-bond acceptors (Lipinski definition) is 4. The van der Waals surface area contributed by atoms with Crippen LogP contribution in [0.25, 0.3) is 0 Å². The van der Waals surface area contributed by atoms with Gasteiger partial charge in [-0.25, -0.2) is 4.98 Å². The van der Waals surface area contributed by atoms with Crippen molar-refractivity contribution in [1.29, 1.82) is 0 Å². The van der Waals surface area contributed by atoms with E-state index in [0.29, 0.717) is 11.8 Å². The Morgan fingerprint density at radius 2 is 1.84 bits per heavy atom. The van der Waals surface area contributed by atoms with Gasteiger partial charge in [-0.3, -0.25) is 0 Å². The molecule has 1 aromatic rings. The van der Waals surface area contributed by atoms with Crippen molar-refractivity contribution in [3.8, 4) is 0 Å². The zero-order chi connectivity index (χ0) is 14.6. The van der Waals surface area contributed by atoms with Crippen molar-refractivity contribution in [2.45, 2.75) is 66.0 Å². The van der Waals surface area contributed by atoms with Crippen LogP contribution in [-0.4, -0.2) is 22.7 Å². The van der Waals surface area contributed by atoms with Crippen molar-refractivity contribution in [2.75, 3.05) is 6.61 Å². The molecule has 0 aromatic carbocycles. The summed E-state index contributed by atoms with van der Waals surface area (Å²) in [5.74, 6) is 1.07. The van der Waals surface area contributed by atoms with E-state index < -0.39 is 0 Å². The molecule has 1 rings (SSSR count). The molecule has 3 nitrogen and oxygen atoms in total. The molecule has 2 N–H and O–H groups in total. The Morgan fingerprint density at radius 3 is 2.26 bits per heavy atom. The van der Waals surface area contributed by atoms with Gasteiger partial charge in [-0.15, -0.1) is 11.3 Å². The standard InChI is InChI=1S/C15H28N2OS/c1-9(2)7-13(8-18)16-11(5)14-12(6)17-15(19-14)10(3)4/h9-11,13,16,18H,7-8H2,1-6H3. The molecule has 0 amide bonds. The van der Waals surface area contributed by atoms with Gasteiger partial charge < -0.3 is 10.4 Å². The minimum atomic E-state index is 0.166. The fourth-order valence-electron chi connectivity index (χ4n) is 2.27. The molecule has 0 saturated heterocycles. The lowest BCUT2D eigenvalue weighted by Gasteiger charge is -2.22. The van der Waals surface area contributed by atoms with Crippen molar-refractivity contribution in [1.82, 2.24) is 10.3 Å². The monoisotopic (exact) mass is 284 g/mol. The molecule has 1 aromatic heterocycles. The summed E-state index contributed by atoms with van der Waals surface area (Å²) in [6.45, 7) is 13.1. The summed E-state index contributed by atoms with van der Waals surface area (Å²) >= 11 is 1.79. The van der Waals surface area contributed by atoms with Crippen molar-refractivity contribution in [3.05, 3.63) is 15.6 Å². The van der Waals surface area contributed by atoms with Crippen LogP contribution in [-0.2, 0) is 0 Å². The minimum Gasteiger partial charge on any atom is -0.395 e. The molecule has 0 saturated carbocycles. The maximum atomic E-state index is 9.46. The van der Waals surface area contributed by atoms with Crippen LogP contribution in [0.15, 0.2) is 0 Å². The molecule has 0 aliphatic rings. The highest BCUT2D eigenvalue weighted by molar-refractivity contribution is 7.11. The average Bonchev–Trinajstić information content (AvgIpc) is 2.70. The van der Waals surface area contributed by atoms with E-state index in [1.807, 2.05) is 0 Å². The Kier molecular flexibility index (Phi) is 6.43. The van der Waals surface area contributed by atoms with Gasteiger partial charge in [-0.2, -0.15) is 0 Å². The molecule has 1 heterocycles. The predicted octanol–water partition coefficient (Wildman–Crippen LogP) is 3.63. The number of nitrogens with one attached hydrogen (secondary N) is 1. The van der Waals surface area contributed by atoms with Gasteiger partial charge in [0.05, 0.1) is 17.3 Å². The summed E-state index contributed by atoms with van der Waals surface area (Å²) in [4.78, 5) is 5.94. The van der Waals surface area contributed by atoms with E-state index in [1.165, 1.54) is 9.88 Å². The van der Waals surface area contributed by atoms with Gasteiger partial charge in [-0.1, -0.05) is 27.7 Å². The van der Waals surface area contributed by atoms with E-state index in [1.54, 1.807) is 11.3 Å². The van der Waals surface area contributed by atoms with Crippen LogP contribution in [0.1, 0.15) is 68.6 Å². The summed E-state index contributed by atoms with van der Waals surface area (Å²) < 4.78 is 0. The summed E-state index contributed by atoms with van der Waals surface area (Å²) in [6.07, 6.45) is 0.996. The van der Waals surface area contributed by atoms with Crippen LogP contribution in [0, 0.1) is 12.8 Å². The Balaban J connectivity index is 2.73. The van der Waals surface area contributed by atoms with E-state index in [0.717, 1.165) is 12.1 Å². The first-order valence-electron chi connectivity index (χ1n) is 7.19. The highest BCUT2D eigenvalue weighted by Gasteiger charge is 2.19. The molecule has 0 fully saturated rings. The largest absolute Gasteiger partial charge is 0.395 e. The fraction of sp³-hybridized carbons (Fsp3) is 0.800. The number of aliphatic hydroxyl groups excluding tert-OH is 1. The van der Waals surface area contributed by atoms with Crippen LogP contribution in [0.2, 0.25) is 0 Å². The van der Waals surface area contributed by atoms with E-state index >= 15 is 0 Å². The van der Waals surface area contributed by atoms with Crippen molar-refractivity contribution < 1.29 is 5.11 Å². The molecule has 0 aliphatic heterocycles. The van der Waals surface area contributed by atoms with E-state index in [-0.39, 0.29) is 18.7 Å². The number of nitrogens with zero attached hydrogens (tertiary/aromatic N) is 1. The van der Waals surface area contributed by atoms with Gasteiger partial charge in [0.15, 0.2) is 0 Å². The number of hydrogen-bond donors (Lipinski definition) is 2. The topological polar surface area (TPSA) is 45.2 Å². The van der Waals surface area contributed by atoms with Gasteiger partial charge in [0.25, 0.3) is 0 Å². The van der Waals surface area contributed by atoms with Crippen LogP contribution >= 0.6 is 11.3 Å². The smallest absolute Gasteiger partial charge is 0.0956 e. The second kappa shape index (κ2) is 7.36. The van der Waals surface area contributed by atoms with Crippen LogP contribution < -0.4 is 5.32 Å². The van der Waals surface area contributed by atoms with Gasteiger partial charge in [0.2, 0.25) is 0 Å². The third kappa shape index (κ3) is 4.86. The summed E-state index contributed by atoms with van der Waals surface area (Å²) in [7, 11) is 0. The highest BCUT2D eigenvalue weighted by atomic mass is 32.1. The quantitative estimate of drug-likeness (QED) is 0.803. The molecule has 4 heteroatoms. The third-order valence-corrected chi connectivity index (χ3v) is 4.84. The number of aliphatic hydroxyl groups is 1. The van der Waals surface area contributed by atoms with Gasteiger partial charge >= 0.3 is 0 Å². The Hall–Kier alpha value is -0.450. The molecule has 110 valence electrons. The van der Waals surface area contributed by atoms with Crippen LogP contribution in [0.4, 0.5) is 0 Å². The second-order valence-electron chi connectivity index (χ2n) is 6.05. The lowest BCUT2D eigenvalue weighted by Crippen LogP contribution is -2.35. The first-order chi connectivity index (χ1) is 8.85. The van der Waals surface area contributed by atoms with Crippen molar-refractivity contribution in [2.24, 2.45) is 5.92 Å². The molecule has 2 atom stereocenters. The maximum absolute atomic E-state index is 9.46. The first-order valence-corrected chi connectivity index (χ1v) is 8.00. The van der Waals surface area contributed by atoms with Gasteiger partial charge in [0, 0.05) is 22.9 Å². The number of thiazole rings is 1. The molecule has 0 aliphatic carbocycles. The Bertz CT molecular complexity index is 387. The molecule has 0 spiro atoms. The number of aryl methyl sites for hydroxylation is 1. The lowest BCUT2D eigenvalue weighted by molar-refractivity contribution is 0.215. The minimum absolute atomic E-state index is 0.166. The zero-order valence-electron chi connectivity index (χ0n) is 13.0. The van der Waals surface area contributed by atoms with Crippen LogP contribution in [0.3, 0.4) is 0 Å².